The summed E-state index contributed by atoms with van der Waals surface area (Å²) < 4.78 is 5.53. The van der Waals surface area contributed by atoms with Crippen LogP contribution >= 0.6 is 0 Å². The third kappa shape index (κ3) is 5.02. The lowest BCUT2D eigenvalue weighted by Gasteiger charge is -2.45. The molecule has 1 aliphatic rings. The number of carboxylic acid groups (broad SMARTS) is 1. The molecule has 0 radical (unpaired) electrons. The van der Waals surface area contributed by atoms with Crippen LogP contribution in [-0.4, -0.2) is 52.8 Å². The second-order valence-corrected chi connectivity index (χ2v) is 8.06. The molecular formula is C21H30N2O4. The van der Waals surface area contributed by atoms with Crippen LogP contribution in [0.15, 0.2) is 24.3 Å². The summed E-state index contributed by atoms with van der Waals surface area (Å²) in [7, 11) is 0. The van der Waals surface area contributed by atoms with Gasteiger partial charge >= 0.3 is 12.1 Å². The van der Waals surface area contributed by atoms with Gasteiger partial charge in [-0.3, -0.25) is 0 Å². The van der Waals surface area contributed by atoms with Gasteiger partial charge in [-0.05, 0) is 65.3 Å². The zero-order valence-corrected chi connectivity index (χ0v) is 17.0. The number of nitrogens with zero attached hydrogens (tertiary/aromatic N) is 2. The smallest absolute Gasteiger partial charge is 0.410 e. The number of hydrogen-bond donors (Lipinski definition) is 1. The quantitative estimate of drug-likeness (QED) is 0.856. The van der Waals surface area contributed by atoms with Crippen LogP contribution in [0.3, 0.4) is 0 Å². The third-order valence-electron chi connectivity index (χ3n) is 4.54. The fourth-order valence-corrected chi connectivity index (χ4v) is 3.30. The molecule has 6 nitrogen and oxygen atoms in total. The Kier molecular flexibility index (Phi) is 6.19. The van der Waals surface area contributed by atoms with Crippen molar-refractivity contribution < 1.29 is 19.4 Å². The van der Waals surface area contributed by atoms with Crippen molar-refractivity contribution in [2.75, 3.05) is 18.0 Å². The highest BCUT2D eigenvalue weighted by Crippen LogP contribution is 2.29. The highest BCUT2D eigenvalue weighted by atomic mass is 16.6. The Morgan fingerprint density at radius 1 is 1.19 bits per heavy atom. The molecule has 0 saturated carbocycles. The highest BCUT2D eigenvalue weighted by Gasteiger charge is 2.35. The van der Waals surface area contributed by atoms with Crippen molar-refractivity contribution in [2.45, 2.75) is 59.2 Å². The highest BCUT2D eigenvalue weighted by molar-refractivity contribution is 5.90. The molecule has 27 heavy (non-hydrogen) atoms. The van der Waals surface area contributed by atoms with Crippen molar-refractivity contribution in [1.82, 2.24) is 4.90 Å². The number of carbonyl (C=O) groups excluding carboxylic acids is 1. The zero-order chi connectivity index (χ0) is 20.4. The van der Waals surface area contributed by atoms with Gasteiger partial charge in [0.2, 0.25) is 0 Å². The minimum atomic E-state index is -0.941. The van der Waals surface area contributed by atoms with Gasteiger partial charge in [0, 0.05) is 30.9 Å². The van der Waals surface area contributed by atoms with Crippen molar-refractivity contribution in [3.63, 3.8) is 0 Å². The lowest BCUT2D eigenvalue weighted by atomic mass is 10.0. The van der Waals surface area contributed by atoms with E-state index in [1.165, 1.54) is 0 Å². The van der Waals surface area contributed by atoms with E-state index in [1.807, 2.05) is 52.8 Å². The summed E-state index contributed by atoms with van der Waals surface area (Å²) in [5, 5.41) is 9.27. The van der Waals surface area contributed by atoms with E-state index in [2.05, 4.69) is 11.8 Å². The minimum absolute atomic E-state index is 0.0198. The number of carboxylic acids is 1. The fourth-order valence-electron chi connectivity index (χ4n) is 3.30. The van der Waals surface area contributed by atoms with Gasteiger partial charge in [0.25, 0.3) is 0 Å². The average Bonchev–Trinajstić information content (AvgIpc) is 2.55. The Hall–Kier alpha value is -2.50. The predicted molar refractivity (Wildman–Crippen MR) is 107 cm³/mol. The molecule has 1 aliphatic heterocycles. The molecule has 1 saturated heterocycles. The Morgan fingerprint density at radius 2 is 1.85 bits per heavy atom. The van der Waals surface area contributed by atoms with Gasteiger partial charge in [-0.1, -0.05) is 12.2 Å². The topological polar surface area (TPSA) is 70.1 Å². The van der Waals surface area contributed by atoms with E-state index in [9.17, 15) is 14.7 Å². The SMILES string of the molecule is CC=Cc1cc(C(=O)O)ccc1N1C[C@@H](C)N(C(=O)OC(C)(C)C)C[C@@H]1C. The second-order valence-electron chi connectivity index (χ2n) is 8.06. The normalized spacial score (nSPS) is 20.8. The molecule has 0 aromatic heterocycles. The first-order chi connectivity index (χ1) is 12.5. The summed E-state index contributed by atoms with van der Waals surface area (Å²) in [5.41, 5.74) is 1.58. The van der Waals surface area contributed by atoms with E-state index in [-0.39, 0.29) is 23.7 Å². The van der Waals surface area contributed by atoms with Crippen molar-refractivity contribution >= 4 is 23.8 Å². The van der Waals surface area contributed by atoms with Crippen LogP contribution in [-0.2, 0) is 4.74 Å². The number of ether oxygens (including phenoxy) is 1. The molecule has 0 bridgehead atoms. The van der Waals surface area contributed by atoms with E-state index in [0.717, 1.165) is 11.3 Å². The number of allylic oxidation sites excluding steroid dienone is 1. The van der Waals surface area contributed by atoms with E-state index in [0.29, 0.717) is 13.1 Å². The number of aromatic carboxylic acids is 1. The van der Waals surface area contributed by atoms with Crippen LogP contribution in [0.25, 0.3) is 6.08 Å². The third-order valence-corrected chi connectivity index (χ3v) is 4.54. The Balaban J connectivity index is 2.27. The Morgan fingerprint density at radius 3 is 2.41 bits per heavy atom. The van der Waals surface area contributed by atoms with Gasteiger partial charge in [-0.25, -0.2) is 9.59 Å². The standard InChI is InChI=1S/C21H30N2O4/c1-7-8-16-11-17(19(24)25)9-10-18(16)22-12-15(3)23(13-14(22)2)20(26)27-21(4,5)6/h7-11,14-15H,12-13H2,1-6H3,(H,24,25)/t14-,15+/m0/s1. The zero-order valence-electron chi connectivity index (χ0n) is 17.0. The largest absolute Gasteiger partial charge is 0.478 e. The molecule has 1 amide bonds. The number of anilines is 1. The van der Waals surface area contributed by atoms with Crippen LogP contribution in [0.2, 0.25) is 0 Å². The van der Waals surface area contributed by atoms with Crippen molar-refractivity contribution in [2.24, 2.45) is 0 Å². The lowest BCUT2D eigenvalue weighted by Crippen LogP contribution is -2.59. The molecule has 1 aromatic carbocycles. The first-order valence-electron chi connectivity index (χ1n) is 9.29. The van der Waals surface area contributed by atoms with Gasteiger partial charge < -0.3 is 19.6 Å². The van der Waals surface area contributed by atoms with Crippen molar-refractivity contribution in [3.05, 3.63) is 35.4 Å². The molecule has 2 atom stereocenters. The molecule has 1 N–H and O–H groups in total. The van der Waals surface area contributed by atoms with E-state index in [1.54, 1.807) is 17.0 Å². The van der Waals surface area contributed by atoms with Crippen LogP contribution in [0.5, 0.6) is 0 Å². The molecule has 148 valence electrons. The van der Waals surface area contributed by atoms with Crippen molar-refractivity contribution in [1.29, 1.82) is 0 Å². The second kappa shape index (κ2) is 8.03. The predicted octanol–water partition coefficient (Wildman–Crippen LogP) is 4.25. The Bertz CT molecular complexity index is 736. The number of carbonyl (C=O) groups is 2. The minimum Gasteiger partial charge on any atom is -0.478 e. The number of benzene rings is 1. The van der Waals surface area contributed by atoms with E-state index in [4.69, 9.17) is 4.74 Å². The van der Waals surface area contributed by atoms with E-state index >= 15 is 0 Å². The molecule has 2 rings (SSSR count). The molecule has 1 aromatic rings. The summed E-state index contributed by atoms with van der Waals surface area (Å²) in [4.78, 5) is 27.8. The first kappa shape index (κ1) is 20.8. The van der Waals surface area contributed by atoms with Crippen LogP contribution < -0.4 is 4.90 Å². The summed E-state index contributed by atoms with van der Waals surface area (Å²) >= 11 is 0. The van der Waals surface area contributed by atoms with Gasteiger partial charge in [0.1, 0.15) is 5.60 Å². The molecule has 6 heteroatoms. The van der Waals surface area contributed by atoms with Crippen LogP contribution in [0.1, 0.15) is 57.5 Å². The number of piperazine rings is 1. The fraction of sp³-hybridized carbons (Fsp3) is 0.524. The molecule has 0 aliphatic carbocycles. The number of amides is 1. The molecular weight excluding hydrogens is 344 g/mol. The average molecular weight is 374 g/mol. The van der Waals surface area contributed by atoms with Crippen LogP contribution in [0.4, 0.5) is 10.5 Å². The van der Waals surface area contributed by atoms with Gasteiger partial charge in [-0.15, -0.1) is 0 Å². The van der Waals surface area contributed by atoms with Crippen molar-refractivity contribution in [3.8, 4) is 0 Å². The van der Waals surface area contributed by atoms with E-state index < -0.39 is 11.6 Å². The molecule has 1 heterocycles. The molecule has 0 unspecified atom stereocenters. The number of hydrogen-bond acceptors (Lipinski definition) is 4. The van der Waals surface area contributed by atoms with Gasteiger partial charge in [-0.2, -0.15) is 0 Å². The summed E-state index contributed by atoms with van der Waals surface area (Å²) in [5.74, 6) is -0.941. The molecule has 1 fully saturated rings. The maximum Gasteiger partial charge on any atom is 0.410 e. The van der Waals surface area contributed by atoms with Gasteiger partial charge in [0.15, 0.2) is 0 Å². The maximum atomic E-state index is 12.5. The molecule has 0 spiro atoms. The summed E-state index contributed by atoms with van der Waals surface area (Å²) in [6.45, 7) is 12.8. The van der Waals surface area contributed by atoms with Crippen LogP contribution in [0, 0.1) is 0 Å². The van der Waals surface area contributed by atoms with Gasteiger partial charge in [0.05, 0.1) is 5.56 Å². The lowest BCUT2D eigenvalue weighted by molar-refractivity contribution is 0.0130. The Labute approximate surface area is 161 Å². The monoisotopic (exact) mass is 374 g/mol. The maximum absolute atomic E-state index is 12.5. The summed E-state index contributed by atoms with van der Waals surface area (Å²) in [6, 6.07) is 5.23. The number of rotatable bonds is 3. The first-order valence-corrected chi connectivity index (χ1v) is 9.29. The summed E-state index contributed by atoms with van der Waals surface area (Å²) in [6.07, 6.45) is 3.52.